The summed E-state index contributed by atoms with van der Waals surface area (Å²) < 4.78 is 6.07. The van der Waals surface area contributed by atoms with E-state index in [9.17, 15) is 9.59 Å². The standard InChI is InChI=1S/C26H22N2O3/c1-18(29)21-13-8-14-22(17-21)27-23(30)15-16-24-28-25(19-9-4-2-5-10-19)26(31-24)20-11-6-3-7-12-20/h2-14,17H,15-16H2,1H3,(H,27,30). The summed E-state index contributed by atoms with van der Waals surface area (Å²) in [6, 6.07) is 26.6. The SMILES string of the molecule is CC(=O)c1cccc(NC(=O)CCc2nc(-c3ccccc3)c(-c3ccccc3)o2)c1. The molecular weight excluding hydrogens is 388 g/mol. The van der Waals surface area contributed by atoms with Crippen LogP contribution in [0.5, 0.6) is 0 Å². The van der Waals surface area contributed by atoms with E-state index in [1.807, 2.05) is 60.7 Å². The third-order valence-electron chi connectivity index (χ3n) is 4.87. The molecule has 0 atom stereocenters. The number of nitrogens with one attached hydrogen (secondary N) is 1. The number of oxazole rings is 1. The Labute approximate surface area is 180 Å². The van der Waals surface area contributed by atoms with Crippen LogP contribution < -0.4 is 5.32 Å². The van der Waals surface area contributed by atoms with Crippen molar-refractivity contribution in [2.45, 2.75) is 19.8 Å². The highest BCUT2D eigenvalue weighted by molar-refractivity contribution is 5.97. The molecule has 0 unspecified atom stereocenters. The number of ketones is 1. The average Bonchev–Trinajstić information content (AvgIpc) is 3.23. The summed E-state index contributed by atoms with van der Waals surface area (Å²) in [4.78, 5) is 28.6. The van der Waals surface area contributed by atoms with Crippen molar-refractivity contribution < 1.29 is 14.0 Å². The van der Waals surface area contributed by atoms with Crippen LogP contribution in [0, 0.1) is 0 Å². The molecule has 0 saturated carbocycles. The molecule has 0 aliphatic rings. The van der Waals surface area contributed by atoms with Crippen molar-refractivity contribution in [3.05, 3.63) is 96.4 Å². The van der Waals surface area contributed by atoms with Crippen molar-refractivity contribution in [1.82, 2.24) is 4.98 Å². The number of aromatic nitrogens is 1. The number of anilines is 1. The molecule has 1 N–H and O–H groups in total. The van der Waals surface area contributed by atoms with Crippen LogP contribution in [0.15, 0.2) is 89.3 Å². The molecule has 0 fully saturated rings. The predicted molar refractivity (Wildman–Crippen MR) is 121 cm³/mol. The number of nitrogens with zero attached hydrogens (tertiary/aromatic N) is 1. The van der Waals surface area contributed by atoms with Crippen LogP contribution in [-0.2, 0) is 11.2 Å². The van der Waals surface area contributed by atoms with Crippen LogP contribution in [0.3, 0.4) is 0 Å². The first-order valence-electron chi connectivity index (χ1n) is 10.1. The van der Waals surface area contributed by atoms with Crippen molar-refractivity contribution >= 4 is 17.4 Å². The summed E-state index contributed by atoms with van der Waals surface area (Å²) in [6.45, 7) is 1.50. The van der Waals surface area contributed by atoms with Crippen LogP contribution in [-0.4, -0.2) is 16.7 Å². The molecule has 31 heavy (non-hydrogen) atoms. The Morgan fingerprint density at radius 2 is 1.55 bits per heavy atom. The van der Waals surface area contributed by atoms with Crippen molar-refractivity contribution in [3.63, 3.8) is 0 Å². The van der Waals surface area contributed by atoms with Gasteiger partial charge >= 0.3 is 0 Å². The number of amides is 1. The van der Waals surface area contributed by atoms with Gasteiger partial charge in [0, 0.05) is 35.2 Å². The molecule has 0 saturated heterocycles. The molecule has 5 heteroatoms. The Bertz CT molecular complexity index is 1140. The number of aryl methyl sites for hydroxylation is 1. The zero-order chi connectivity index (χ0) is 21.6. The topological polar surface area (TPSA) is 72.2 Å². The molecule has 5 nitrogen and oxygen atoms in total. The van der Waals surface area contributed by atoms with Gasteiger partial charge in [-0.25, -0.2) is 4.98 Å². The fraction of sp³-hybridized carbons (Fsp3) is 0.115. The number of carbonyl (C=O) groups is 2. The van der Waals surface area contributed by atoms with Gasteiger partial charge in [-0.2, -0.15) is 0 Å². The van der Waals surface area contributed by atoms with E-state index < -0.39 is 0 Å². The van der Waals surface area contributed by atoms with Gasteiger partial charge in [0.1, 0.15) is 5.69 Å². The van der Waals surface area contributed by atoms with Gasteiger partial charge < -0.3 is 9.73 Å². The Kier molecular flexibility index (Phi) is 6.03. The third-order valence-corrected chi connectivity index (χ3v) is 4.87. The van der Waals surface area contributed by atoms with Crippen LogP contribution in [0.25, 0.3) is 22.6 Å². The van der Waals surface area contributed by atoms with E-state index in [4.69, 9.17) is 4.42 Å². The maximum atomic E-state index is 12.4. The largest absolute Gasteiger partial charge is 0.440 e. The minimum absolute atomic E-state index is 0.0437. The molecular formula is C26H22N2O3. The highest BCUT2D eigenvalue weighted by Crippen LogP contribution is 2.32. The van der Waals surface area contributed by atoms with Crippen molar-refractivity contribution in [3.8, 4) is 22.6 Å². The smallest absolute Gasteiger partial charge is 0.224 e. The second kappa shape index (κ2) is 9.22. The van der Waals surface area contributed by atoms with E-state index in [1.165, 1.54) is 6.92 Å². The summed E-state index contributed by atoms with van der Waals surface area (Å²) in [7, 11) is 0. The van der Waals surface area contributed by atoms with E-state index in [-0.39, 0.29) is 18.1 Å². The van der Waals surface area contributed by atoms with Gasteiger partial charge in [-0.1, -0.05) is 72.8 Å². The average molecular weight is 410 g/mol. The normalized spacial score (nSPS) is 10.6. The van der Waals surface area contributed by atoms with Gasteiger partial charge in [-0.05, 0) is 19.1 Å². The quantitative estimate of drug-likeness (QED) is 0.392. The van der Waals surface area contributed by atoms with E-state index in [2.05, 4.69) is 10.3 Å². The molecule has 0 radical (unpaired) electrons. The Morgan fingerprint density at radius 1 is 0.871 bits per heavy atom. The molecule has 4 aromatic rings. The second-order valence-corrected chi connectivity index (χ2v) is 7.20. The minimum Gasteiger partial charge on any atom is -0.440 e. The van der Waals surface area contributed by atoms with Crippen LogP contribution >= 0.6 is 0 Å². The molecule has 0 spiro atoms. The Balaban J connectivity index is 1.51. The molecule has 1 aromatic heterocycles. The molecule has 1 heterocycles. The third kappa shape index (κ3) is 4.95. The number of carbonyl (C=O) groups excluding carboxylic acids is 2. The van der Waals surface area contributed by atoms with Gasteiger partial charge in [0.2, 0.25) is 5.91 Å². The number of Topliss-reactive ketones (excluding diaryl/α,β-unsaturated/α-hetero) is 1. The molecule has 1 amide bonds. The Morgan fingerprint density at radius 3 is 2.23 bits per heavy atom. The minimum atomic E-state index is -0.165. The summed E-state index contributed by atoms with van der Waals surface area (Å²) in [5.41, 5.74) is 3.81. The first kappa shape index (κ1) is 20.3. The molecule has 0 bridgehead atoms. The lowest BCUT2D eigenvalue weighted by Gasteiger charge is -2.05. The molecule has 0 aliphatic heterocycles. The zero-order valence-electron chi connectivity index (χ0n) is 17.2. The summed E-state index contributed by atoms with van der Waals surface area (Å²) in [5.74, 6) is 0.987. The maximum Gasteiger partial charge on any atom is 0.224 e. The second-order valence-electron chi connectivity index (χ2n) is 7.20. The van der Waals surface area contributed by atoms with E-state index in [1.54, 1.807) is 24.3 Å². The number of hydrogen-bond acceptors (Lipinski definition) is 4. The zero-order valence-corrected chi connectivity index (χ0v) is 17.2. The lowest BCUT2D eigenvalue weighted by molar-refractivity contribution is -0.116. The maximum absolute atomic E-state index is 12.4. The van der Waals surface area contributed by atoms with Crippen LogP contribution in [0.4, 0.5) is 5.69 Å². The monoisotopic (exact) mass is 410 g/mol. The lowest BCUT2D eigenvalue weighted by atomic mass is 10.1. The molecule has 154 valence electrons. The molecule has 0 aliphatic carbocycles. The van der Waals surface area contributed by atoms with Gasteiger partial charge in [0.15, 0.2) is 17.4 Å². The molecule has 3 aromatic carbocycles. The first-order chi connectivity index (χ1) is 15.1. The summed E-state index contributed by atoms with van der Waals surface area (Å²) >= 11 is 0. The van der Waals surface area contributed by atoms with E-state index >= 15 is 0 Å². The fourth-order valence-corrected chi connectivity index (χ4v) is 3.31. The van der Waals surface area contributed by atoms with Crippen LogP contribution in [0.1, 0.15) is 29.6 Å². The predicted octanol–water partition coefficient (Wildman–Crippen LogP) is 5.78. The van der Waals surface area contributed by atoms with Gasteiger partial charge in [-0.3, -0.25) is 9.59 Å². The van der Waals surface area contributed by atoms with E-state index in [0.29, 0.717) is 29.3 Å². The summed E-state index contributed by atoms with van der Waals surface area (Å²) in [6.07, 6.45) is 0.582. The van der Waals surface area contributed by atoms with Crippen LogP contribution in [0.2, 0.25) is 0 Å². The van der Waals surface area contributed by atoms with Gasteiger partial charge in [0.05, 0.1) is 0 Å². The number of benzene rings is 3. The lowest BCUT2D eigenvalue weighted by Crippen LogP contribution is -2.12. The molecule has 4 rings (SSSR count). The fourth-order valence-electron chi connectivity index (χ4n) is 3.31. The first-order valence-corrected chi connectivity index (χ1v) is 10.1. The van der Waals surface area contributed by atoms with Crippen molar-refractivity contribution in [1.29, 1.82) is 0 Å². The van der Waals surface area contributed by atoms with Crippen molar-refractivity contribution in [2.75, 3.05) is 5.32 Å². The number of rotatable bonds is 7. The summed E-state index contributed by atoms with van der Waals surface area (Å²) in [5, 5.41) is 2.83. The number of hydrogen-bond donors (Lipinski definition) is 1. The van der Waals surface area contributed by atoms with Gasteiger partial charge in [-0.15, -0.1) is 0 Å². The van der Waals surface area contributed by atoms with E-state index in [0.717, 1.165) is 16.8 Å². The van der Waals surface area contributed by atoms with Crippen molar-refractivity contribution in [2.24, 2.45) is 0 Å². The highest BCUT2D eigenvalue weighted by Gasteiger charge is 2.17. The highest BCUT2D eigenvalue weighted by atomic mass is 16.4. The van der Waals surface area contributed by atoms with Gasteiger partial charge in [0.25, 0.3) is 0 Å². The Hall–Kier alpha value is -3.99.